The number of aryl methyl sites for hydroxylation is 1. The van der Waals surface area contributed by atoms with Crippen molar-refractivity contribution < 1.29 is 9.50 Å². The summed E-state index contributed by atoms with van der Waals surface area (Å²) in [5, 5.41) is 10.7. The summed E-state index contributed by atoms with van der Waals surface area (Å²) in [6.07, 6.45) is 3.97. The van der Waals surface area contributed by atoms with Crippen LogP contribution in [0.3, 0.4) is 0 Å². The zero-order chi connectivity index (χ0) is 22.7. The lowest BCUT2D eigenvalue weighted by Gasteiger charge is -2.44. The maximum absolute atomic E-state index is 14.8. The highest BCUT2D eigenvalue weighted by molar-refractivity contribution is 5.90. The van der Waals surface area contributed by atoms with Crippen LogP contribution in [0.2, 0.25) is 0 Å². The molecule has 0 atom stereocenters. The van der Waals surface area contributed by atoms with Crippen LogP contribution in [-0.2, 0) is 7.05 Å². The maximum Gasteiger partial charge on any atom is 0.250 e. The van der Waals surface area contributed by atoms with Gasteiger partial charge in [-0.1, -0.05) is 42.5 Å². The second kappa shape index (κ2) is 7.35. The molecule has 4 aromatic rings. The van der Waals surface area contributed by atoms with Gasteiger partial charge in [0.1, 0.15) is 5.82 Å². The highest BCUT2D eigenvalue weighted by atomic mass is 19.1. The average molecular weight is 441 g/mol. The van der Waals surface area contributed by atoms with Crippen molar-refractivity contribution in [1.29, 1.82) is 0 Å². The van der Waals surface area contributed by atoms with Crippen LogP contribution in [-0.4, -0.2) is 20.3 Å². The van der Waals surface area contributed by atoms with Crippen LogP contribution in [0.5, 0.6) is 0 Å². The van der Waals surface area contributed by atoms with Crippen LogP contribution in [0.1, 0.15) is 37.2 Å². The molecule has 0 saturated heterocycles. The Balaban J connectivity index is 1.43. The normalized spacial score (nSPS) is 22.3. The summed E-state index contributed by atoms with van der Waals surface area (Å²) in [5.41, 5.74) is 4.66. The van der Waals surface area contributed by atoms with Crippen molar-refractivity contribution in [3.8, 4) is 22.4 Å². The molecule has 0 unspecified atom stereocenters. The van der Waals surface area contributed by atoms with E-state index < -0.39 is 5.60 Å². The molecule has 2 heterocycles. The van der Waals surface area contributed by atoms with E-state index in [9.17, 15) is 14.3 Å². The number of fused-ring (bicyclic) bond motifs is 1. The van der Waals surface area contributed by atoms with E-state index in [4.69, 9.17) is 4.98 Å². The number of pyridine rings is 2. The van der Waals surface area contributed by atoms with E-state index in [2.05, 4.69) is 12.1 Å². The number of aliphatic hydroxyl groups is 1. The zero-order valence-corrected chi connectivity index (χ0v) is 18.5. The molecule has 2 aliphatic carbocycles. The highest BCUT2D eigenvalue weighted by Crippen LogP contribution is 2.56. The van der Waals surface area contributed by atoms with Crippen LogP contribution < -0.4 is 5.56 Å². The van der Waals surface area contributed by atoms with Gasteiger partial charge in [-0.15, -0.1) is 0 Å². The number of hydrogen-bond acceptors (Lipinski definition) is 3. The minimum absolute atomic E-state index is 0.132. The van der Waals surface area contributed by atoms with Gasteiger partial charge in [0, 0.05) is 29.8 Å². The highest BCUT2D eigenvalue weighted by Gasteiger charge is 2.52. The van der Waals surface area contributed by atoms with Crippen molar-refractivity contribution in [3.05, 3.63) is 88.5 Å². The van der Waals surface area contributed by atoms with Crippen molar-refractivity contribution in [2.24, 2.45) is 13.0 Å². The van der Waals surface area contributed by atoms with Crippen LogP contribution in [0, 0.1) is 11.7 Å². The van der Waals surface area contributed by atoms with Crippen LogP contribution in [0.25, 0.3) is 33.4 Å². The van der Waals surface area contributed by atoms with E-state index in [0.717, 1.165) is 31.2 Å². The Morgan fingerprint density at radius 2 is 1.73 bits per heavy atom. The Kier molecular flexibility index (Phi) is 4.53. The molecular weight excluding hydrogens is 415 g/mol. The van der Waals surface area contributed by atoms with Crippen molar-refractivity contribution >= 4 is 11.0 Å². The first-order valence-electron chi connectivity index (χ1n) is 11.5. The van der Waals surface area contributed by atoms with Gasteiger partial charge in [0.2, 0.25) is 0 Å². The summed E-state index contributed by atoms with van der Waals surface area (Å²) in [7, 11) is 1.70. The molecule has 166 valence electrons. The summed E-state index contributed by atoms with van der Waals surface area (Å²) in [5.74, 6) is 0.551. The molecule has 0 radical (unpaired) electrons. The molecule has 2 aromatic carbocycles. The molecule has 5 heteroatoms. The van der Waals surface area contributed by atoms with Gasteiger partial charge in [-0.25, -0.2) is 9.37 Å². The van der Waals surface area contributed by atoms with E-state index >= 15 is 0 Å². The number of aromatic nitrogens is 2. The molecule has 0 spiro atoms. The van der Waals surface area contributed by atoms with E-state index in [1.165, 1.54) is 22.3 Å². The molecule has 4 nitrogen and oxygen atoms in total. The Morgan fingerprint density at radius 1 is 1.00 bits per heavy atom. The van der Waals surface area contributed by atoms with Crippen molar-refractivity contribution in [3.63, 3.8) is 0 Å². The van der Waals surface area contributed by atoms with E-state index in [0.29, 0.717) is 39.7 Å². The first-order chi connectivity index (χ1) is 15.9. The molecule has 0 bridgehead atoms. The standard InChI is InChI=1S/C28H25FN2O2/c1-31-25-14-22(21-4-2-3-5-23(21)29)27(30-24(25)12-13-26(31)32)18-8-6-17(7-9-18)19-15-28(33,16-19)20-10-11-20/h2-9,12-14,19-20,33H,10-11,15-16H2,1H3. The molecule has 1 N–H and O–H groups in total. The van der Waals surface area contributed by atoms with Crippen LogP contribution >= 0.6 is 0 Å². The predicted molar refractivity (Wildman–Crippen MR) is 127 cm³/mol. The topological polar surface area (TPSA) is 55.1 Å². The van der Waals surface area contributed by atoms with Gasteiger partial charge in [-0.2, -0.15) is 0 Å². The van der Waals surface area contributed by atoms with E-state index in [1.807, 2.05) is 18.2 Å². The molecule has 2 fully saturated rings. The smallest absolute Gasteiger partial charge is 0.250 e. The summed E-state index contributed by atoms with van der Waals surface area (Å²) < 4.78 is 16.3. The molecule has 2 aromatic heterocycles. The maximum atomic E-state index is 14.8. The zero-order valence-electron chi connectivity index (χ0n) is 18.5. The Hall–Kier alpha value is -3.31. The second-order valence-corrected chi connectivity index (χ2v) is 9.60. The largest absolute Gasteiger partial charge is 0.390 e. The molecule has 0 amide bonds. The van der Waals surface area contributed by atoms with Gasteiger partial charge in [-0.3, -0.25) is 4.79 Å². The van der Waals surface area contributed by atoms with Crippen LogP contribution in [0.4, 0.5) is 4.39 Å². The lowest BCUT2D eigenvalue weighted by atomic mass is 9.65. The third kappa shape index (κ3) is 3.39. The Labute approximate surface area is 191 Å². The predicted octanol–water partition coefficient (Wildman–Crippen LogP) is 5.43. The summed E-state index contributed by atoms with van der Waals surface area (Å²) >= 11 is 0. The molecular formula is C28H25FN2O2. The lowest BCUT2D eigenvalue weighted by molar-refractivity contribution is -0.0679. The lowest BCUT2D eigenvalue weighted by Crippen LogP contribution is -2.44. The molecule has 6 rings (SSSR count). The van der Waals surface area contributed by atoms with Gasteiger partial charge in [0.15, 0.2) is 0 Å². The SMILES string of the molecule is Cn1c(=O)ccc2nc(-c3ccc(C4CC(O)(C5CC5)C4)cc3)c(-c3ccccc3F)cc21. The molecule has 2 saturated carbocycles. The third-order valence-electron chi connectivity index (χ3n) is 7.46. The summed E-state index contributed by atoms with van der Waals surface area (Å²) in [4.78, 5) is 17.0. The van der Waals surface area contributed by atoms with Gasteiger partial charge < -0.3 is 9.67 Å². The van der Waals surface area contributed by atoms with Crippen molar-refractivity contribution in [2.45, 2.75) is 37.2 Å². The van der Waals surface area contributed by atoms with Gasteiger partial charge >= 0.3 is 0 Å². The van der Waals surface area contributed by atoms with Gasteiger partial charge in [0.05, 0.1) is 22.3 Å². The number of halogens is 1. The quantitative estimate of drug-likeness (QED) is 0.461. The summed E-state index contributed by atoms with van der Waals surface area (Å²) in [6.45, 7) is 0. The minimum Gasteiger partial charge on any atom is -0.390 e. The first-order valence-corrected chi connectivity index (χ1v) is 11.5. The molecule has 0 aliphatic heterocycles. The Morgan fingerprint density at radius 3 is 2.42 bits per heavy atom. The number of rotatable bonds is 4. The fraction of sp³-hybridized carbons (Fsp3) is 0.286. The van der Waals surface area contributed by atoms with Crippen LogP contribution in [0.15, 0.2) is 71.5 Å². The number of nitrogens with zero attached hydrogens (tertiary/aromatic N) is 2. The third-order valence-corrected chi connectivity index (χ3v) is 7.46. The van der Waals surface area contributed by atoms with E-state index in [-0.39, 0.29) is 11.4 Å². The number of hydrogen-bond donors (Lipinski definition) is 1. The Bertz CT molecular complexity index is 1430. The van der Waals surface area contributed by atoms with Crippen molar-refractivity contribution in [1.82, 2.24) is 9.55 Å². The van der Waals surface area contributed by atoms with Gasteiger partial charge in [0.25, 0.3) is 5.56 Å². The number of benzene rings is 2. The first kappa shape index (κ1) is 20.3. The minimum atomic E-state index is -0.461. The molecule has 2 aliphatic rings. The van der Waals surface area contributed by atoms with E-state index in [1.54, 1.807) is 31.3 Å². The van der Waals surface area contributed by atoms with Crippen molar-refractivity contribution in [2.75, 3.05) is 0 Å². The fourth-order valence-corrected chi connectivity index (χ4v) is 5.29. The van der Waals surface area contributed by atoms with Gasteiger partial charge in [-0.05, 0) is 61.3 Å². The molecule has 33 heavy (non-hydrogen) atoms. The summed E-state index contributed by atoms with van der Waals surface area (Å²) in [6, 6.07) is 20.0. The average Bonchev–Trinajstić information content (AvgIpc) is 3.65. The monoisotopic (exact) mass is 440 g/mol. The second-order valence-electron chi connectivity index (χ2n) is 9.60. The fourth-order valence-electron chi connectivity index (χ4n) is 5.29.